The number of alkyl halides is 1. The van der Waals surface area contributed by atoms with Gasteiger partial charge in [-0.25, -0.2) is 4.39 Å². The number of carbonyl (C=O) groups excluding carboxylic acids is 3. The van der Waals surface area contributed by atoms with E-state index in [0.29, 0.717) is 30.7 Å². The van der Waals surface area contributed by atoms with E-state index < -0.39 is 24.2 Å². The van der Waals surface area contributed by atoms with Gasteiger partial charge in [0, 0.05) is 31.6 Å². The van der Waals surface area contributed by atoms with Gasteiger partial charge < -0.3 is 9.64 Å². The standard InChI is InChI=1S/C20H24FN3O4/c1-2-23-8-7-15(21)17(11-23)28-13-3-4-14-12(9-13)10-24(20(14)27)16-5-6-18(25)22-19(16)26/h3-4,9,15-17H,2,5-8,10-11H2,1H3,(H,22,25,26)/t15-,16?,17+/m0/s1. The van der Waals surface area contributed by atoms with Gasteiger partial charge >= 0.3 is 0 Å². The minimum atomic E-state index is -1.02. The van der Waals surface area contributed by atoms with Crippen LogP contribution in [-0.4, -0.2) is 65.5 Å². The van der Waals surface area contributed by atoms with Crippen LogP contribution in [0.2, 0.25) is 0 Å². The number of nitrogens with one attached hydrogen (secondary N) is 1. The van der Waals surface area contributed by atoms with Gasteiger partial charge in [0.15, 0.2) is 0 Å². The summed E-state index contributed by atoms with van der Waals surface area (Å²) >= 11 is 0. The van der Waals surface area contributed by atoms with E-state index in [-0.39, 0.29) is 24.8 Å². The molecule has 0 aromatic heterocycles. The molecule has 3 heterocycles. The summed E-state index contributed by atoms with van der Waals surface area (Å²) in [6.07, 6.45) is -0.553. The smallest absolute Gasteiger partial charge is 0.255 e. The average molecular weight is 389 g/mol. The van der Waals surface area contributed by atoms with E-state index in [0.717, 1.165) is 18.7 Å². The Kier molecular flexibility index (Phi) is 5.05. The molecule has 3 aliphatic rings. The van der Waals surface area contributed by atoms with E-state index in [1.54, 1.807) is 18.2 Å². The van der Waals surface area contributed by atoms with E-state index >= 15 is 0 Å². The van der Waals surface area contributed by atoms with Crippen LogP contribution < -0.4 is 10.1 Å². The van der Waals surface area contributed by atoms with Crippen molar-refractivity contribution in [1.82, 2.24) is 15.1 Å². The number of piperidine rings is 2. The Morgan fingerprint density at radius 1 is 1.25 bits per heavy atom. The number of likely N-dealkylation sites (N-methyl/N-ethyl adjacent to an activating group) is 1. The second kappa shape index (κ2) is 7.50. The number of hydrogen-bond donors (Lipinski definition) is 1. The van der Waals surface area contributed by atoms with Crippen LogP contribution in [0.15, 0.2) is 18.2 Å². The molecule has 1 N–H and O–H groups in total. The number of rotatable bonds is 4. The van der Waals surface area contributed by atoms with E-state index in [9.17, 15) is 18.8 Å². The molecule has 1 aromatic rings. The first-order valence-electron chi connectivity index (χ1n) is 9.77. The molecule has 3 aliphatic heterocycles. The largest absolute Gasteiger partial charge is 0.486 e. The molecule has 150 valence electrons. The van der Waals surface area contributed by atoms with Crippen LogP contribution in [0.4, 0.5) is 4.39 Å². The Balaban J connectivity index is 1.48. The molecule has 0 saturated carbocycles. The Bertz CT molecular complexity index is 815. The molecule has 8 heteroatoms. The van der Waals surface area contributed by atoms with Crippen molar-refractivity contribution < 1.29 is 23.5 Å². The second-order valence-electron chi connectivity index (χ2n) is 7.57. The molecule has 7 nitrogen and oxygen atoms in total. The van der Waals surface area contributed by atoms with E-state index in [2.05, 4.69) is 10.2 Å². The number of fused-ring (bicyclic) bond motifs is 1. The van der Waals surface area contributed by atoms with Gasteiger partial charge in [-0.2, -0.15) is 0 Å². The third kappa shape index (κ3) is 3.48. The second-order valence-corrected chi connectivity index (χ2v) is 7.57. The fourth-order valence-electron chi connectivity index (χ4n) is 4.15. The third-order valence-electron chi connectivity index (χ3n) is 5.79. The van der Waals surface area contributed by atoms with Crippen molar-refractivity contribution in [1.29, 1.82) is 0 Å². The summed E-state index contributed by atoms with van der Waals surface area (Å²) in [5.41, 5.74) is 1.28. The number of likely N-dealkylation sites (tertiary alicyclic amines) is 1. The number of nitrogens with zero attached hydrogens (tertiary/aromatic N) is 2. The van der Waals surface area contributed by atoms with Gasteiger partial charge in [0.25, 0.3) is 5.91 Å². The normalized spacial score (nSPS) is 28.3. The summed E-state index contributed by atoms with van der Waals surface area (Å²) in [6, 6.07) is 4.47. The molecule has 3 amide bonds. The topological polar surface area (TPSA) is 79.0 Å². The monoisotopic (exact) mass is 389 g/mol. The van der Waals surface area contributed by atoms with E-state index in [1.165, 1.54) is 4.90 Å². The molecule has 1 unspecified atom stereocenters. The number of imide groups is 1. The van der Waals surface area contributed by atoms with Crippen molar-refractivity contribution in [2.45, 2.75) is 51.0 Å². The van der Waals surface area contributed by atoms with Gasteiger partial charge in [-0.15, -0.1) is 0 Å². The number of carbonyl (C=O) groups is 3. The number of amides is 3. The fraction of sp³-hybridized carbons (Fsp3) is 0.550. The van der Waals surface area contributed by atoms with Crippen LogP contribution in [0.3, 0.4) is 0 Å². The lowest BCUT2D eigenvalue weighted by atomic mass is 10.0. The first-order chi connectivity index (χ1) is 13.5. The Morgan fingerprint density at radius 2 is 2.07 bits per heavy atom. The zero-order chi connectivity index (χ0) is 19.8. The van der Waals surface area contributed by atoms with Gasteiger partial charge in [-0.05, 0) is 43.1 Å². The van der Waals surface area contributed by atoms with Crippen molar-refractivity contribution in [3.8, 4) is 5.75 Å². The molecule has 0 radical (unpaired) electrons. The predicted molar refractivity (Wildman–Crippen MR) is 98.5 cm³/mol. The fourth-order valence-corrected chi connectivity index (χ4v) is 4.15. The highest BCUT2D eigenvalue weighted by atomic mass is 19.1. The highest BCUT2D eigenvalue weighted by molar-refractivity contribution is 6.05. The molecule has 3 atom stereocenters. The van der Waals surface area contributed by atoms with Gasteiger partial charge in [-0.3, -0.25) is 24.6 Å². The maximum atomic E-state index is 14.3. The summed E-state index contributed by atoms with van der Waals surface area (Å²) in [5, 5.41) is 2.29. The molecule has 28 heavy (non-hydrogen) atoms. The Labute approximate surface area is 162 Å². The summed E-state index contributed by atoms with van der Waals surface area (Å²) < 4.78 is 20.2. The van der Waals surface area contributed by atoms with Crippen molar-refractivity contribution in [3.05, 3.63) is 29.3 Å². The van der Waals surface area contributed by atoms with Gasteiger partial charge in [0.2, 0.25) is 11.8 Å². The lowest BCUT2D eigenvalue weighted by molar-refractivity contribution is -0.136. The molecule has 1 aromatic carbocycles. The predicted octanol–water partition coefficient (Wildman–Crippen LogP) is 1.26. The minimum Gasteiger partial charge on any atom is -0.486 e. The average Bonchev–Trinajstić information content (AvgIpc) is 2.99. The zero-order valence-electron chi connectivity index (χ0n) is 15.8. The van der Waals surface area contributed by atoms with E-state index in [4.69, 9.17) is 4.74 Å². The van der Waals surface area contributed by atoms with Gasteiger partial charge in [0.1, 0.15) is 24.1 Å². The van der Waals surface area contributed by atoms with Crippen LogP contribution in [0, 0.1) is 0 Å². The lowest BCUT2D eigenvalue weighted by Gasteiger charge is -2.34. The van der Waals surface area contributed by atoms with Crippen molar-refractivity contribution in [3.63, 3.8) is 0 Å². The summed E-state index contributed by atoms with van der Waals surface area (Å²) in [5.74, 6) is -0.442. The SMILES string of the molecule is CCN1CC[C@H](F)[C@H](Oc2ccc3c(c2)CN(C2CCC(=O)NC2=O)C3=O)C1. The molecule has 2 fully saturated rings. The highest BCUT2D eigenvalue weighted by Gasteiger charge is 2.39. The van der Waals surface area contributed by atoms with Crippen molar-refractivity contribution in [2.24, 2.45) is 0 Å². The maximum absolute atomic E-state index is 14.3. The zero-order valence-corrected chi connectivity index (χ0v) is 15.8. The number of hydrogen-bond acceptors (Lipinski definition) is 5. The van der Waals surface area contributed by atoms with Crippen LogP contribution >= 0.6 is 0 Å². The minimum absolute atomic E-state index is 0.221. The molecule has 0 spiro atoms. The molecule has 2 saturated heterocycles. The van der Waals surface area contributed by atoms with E-state index in [1.807, 2.05) is 6.92 Å². The summed E-state index contributed by atoms with van der Waals surface area (Å²) in [4.78, 5) is 39.8. The third-order valence-corrected chi connectivity index (χ3v) is 5.79. The van der Waals surface area contributed by atoms with Crippen LogP contribution in [-0.2, 0) is 16.1 Å². The first kappa shape index (κ1) is 18.9. The van der Waals surface area contributed by atoms with Crippen LogP contribution in [0.1, 0.15) is 42.1 Å². The molecule has 4 rings (SSSR count). The van der Waals surface area contributed by atoms with Crippen LogP contribution in [0.25, 0.3) is 0 Å². The number of ether oxygens (including phenoxy) is 1. The number of halogens is 1. The molecular weight excluding hydrogens is 365 g/mol. The van der Waals surface area contributed by atoms with Gasteiger partial charge in [0.05, 0.1) is 0 Å². The molecule has 0 bridgehead atoms. The van der Waals surface area contributed by atoms with Crippen molar-refractivity contribution >= 4 is 17.7 Å². The first-order valence-corrected chi connectivity index (χ1v) is 9.77. The summed E-state index contributed by atoms with van der Waals surface area (Å²) in [6.45, 7) is 4.45. The Hall–Kier alpha value is -2.48. The quantitative estimate of drug-likeness (QED) is 0.785. The van der Waals surface area contributed by atoms with Crippen molar-refractivity contribution in [2.75, 3.05) is 19.6 Å². The van der Waals surface area contributed by atoms with Crippen LogP contribution in [0.5, 0.6) is 5.75 Å². The molecular formula is C20H24FN3O4. The van der Waals surface area contributed by atoms with Gasteiger partial charge in [-0.1, -0.05) is 6.92 Å². The summed E-state index contributed by atoms with van der Waals surface area (Å²) in [7, 11) is 0. The highest BCUT2D eigenvalue weighted by Crippen LogP contribution is 2.31. The Morgan fingerprint density at radius 3 is 2.82 bits per heavy atom. The molecule has 0 aliphatic carbocycles. The number of benzene rings is 1. The lowest BCUT2D eigenvalue weighted by Crippen LogP contribution is -2.52. The maximum Gasteiger partial charge on any atom is 0.255 e.